The Balaban J connectivity index is 2.50. The zero-order valence-electron chi connectivity index (χ0n) is 7.36. The summed E-state index contributed by atoms with van der Waals surface area (Å²) in [6.07, 6.45) is 1.80. The number of amides is 1. The molecule has 0 aromatic carbocycles. The van der Waals surface area contributed by atoms with Crippen LogP contribution in [0.5, 0.6) is 0 Å². The molecular formula is C9H15NO2. The molecule has 3 heteroatoms. The Bertz CT molecular complexity index is 191. The number of nitrogens with zero attached hydrogens (tertiary/aromatic N) is 1. The second kappa shape index (κ2) is 3.72. The van der Waals surface area contributed by atoms with Crippen molar-refractivity contribution in [2.24, 2.45) is 5.92 Å². The molecule has 0 bridgehead atoms. The van der Waals surface area contributed by atoms with Gasteiger partial charge >= 0.3 is 0 Å². The van der Waals surface area contributed by atoms with Crippen LogP contribution in [0.4, 0.5) is 0 Å². The van der Waals surface area contributed by atoms with Crippen LogP contribution in [0.1, 0.15) is 13.3 Å². The monoisotopic (exact) mass is 169 g/mol. The first-order valence-corrected chi connectivity index (χ1v) is 4.24. The van der Waals surface area contributed by atoms with E-state index in [-0.39, 0.29) is 12.0 Å². The third-order valence-electron chi connectivity index (χ3n) is 2.40. The van der Waals surface area contributed by atoms with Crippen molar-refractivity contribution in [3.05, 3.63) is 12.7 Å². The lowest BCUT2D eigenvalue weighted by Gasteiger charge is -2.33. The molecule has 1 aliphatic heterocycles. The molecule has 1 fully saturated rings. The van der Waals surface area contributed by atoms with Crippen LogP contribution >= 0.6 is 0 Å². The van der Waals surface area contributed by atoms with Crippen LogP contribution in [-0.2, 0) is 4.79 Å². The van der Waals surface area contributed by atoms with Crippen LogP contribution in [0, 0.1) is 5.92 Å². The van der Waals surface area contributed by atoms with Crippen molar-refractivity contribution < 1.29 is 9.90 Å². The van der Waals surface area contributed by atoms with Gasteiger partial charge in [0, 0.05) is 13.1 Å². The number of hydrogen-bond acceptors (Lipinski definition) is 2. The quantitative estimate of drug-likeness (QED) is 0.577. The molecule has 1 heterocycles. The molecule has 0 radical (unpaired) electrons. The summed E-state index contributed by atoms with van der Waals surface area (Å²) in [6, 6.07) is 0. The number of rotatable bonds is 1. The maximum absolute atomic E-state index is 11.1. The number of hydrogen-bond donors (Lipinski definition) is 1. The molecule has 0 aromatic heterocycles. The van der Waals surface area contributed by atoms with E-state index in [1.54, 1.807) is 4.90 Å². The largest absolute Gasteiger partial charge is 0.391 e. The molecule has 3 nitrogen and oxygen atoms in total. The van der Waals surface area contributed by atoms with E-state index in [1.165, 1.54) is 6.08 Å². The second-order valence-corrected chi connectivity index (χ2v) is 3.32. The van der Waals surface area contributed by atoms with E-state index < -0.39 is 0 Å². The smallest absolute Gasteiger partial charge is 0.246 e. The Morgan fingerprint density at radius 3 is 2.92 bits per heavy atom. The molecule has 0 saturated carbocycles. The second-order valence-electron chi connectivity index (χ2n) is 3.32. The summed E-state index contributed by atoms with van der Waals surface area (Å²) in [4.78, 5) is 12.8. The standard InChI is InChI=1S/C9H15NO2/c1-3-9(12)10-5-4-7(2)8(11)6-10/h3,7-8,11H,1,4-6H2,2H3. The number of aliphatic hydroxyl groups excluding tert-OH is 1. The van der Waals surface area contributed by atoms with Crippen LogP contribution < -0.4 is 0 Å². The van der Waals surface area contributed by atoms with Crippen LogP contribution in [0.15, 0.2) is 12.7 Å². The zero-order valence-corrected chi connectivity index (χ0v) is 7.36. The maximum Gasteiger partial charge on any atom is 0.246 e. The van der Waals surface area contributed by atoms with Gasteiger partial charge in [-0.15, -0.1) is 0 Å². The average molecular weight is 169 g/mol. The fraction of sp³-hybridized carbons (Fsp3) is 0.667. The number of likely N-dealkylation sites (tertiary alicyclic amines) is 1. The van der Waals surface area contributed by atoms with E-state index >= 15 is 0 Å². The first-order chi connectivity index (χ1) is 5.65. The topological polar surface area (TPSA) is 40.5 Å². The fourth-order valence-corrected chi connectivity index (χ4v) is 1.38. The van der Waals surface area contributed by atoms with Crippen LogP contribution in [0.2, 0.25) is 0 Å². The minimum absolute atomic E-state index is 0.0825. The number of β-amino-alcohol motifs (C(OH)–C–C–N with tert-alkyl or cyclic N) is 1. The molecule has 1 amide bonds. The maximum atomic E-state index is 11.1. The third kappa shape index (κ3) is 1.85. The molecule has 1 aliphatic rings. The van der Waals surface area contributed by atoms with Gasteiger partial charge in [-0.2, -0.15) is 0 Å². The molecule has 12 heavy (non-hydrogen) atoms. The molecule has 1 N–H and O–H groups in total. The predicted octanol–water partition coefficient (Wildman–Crippen LogP) is 0.402. The highest BCUT2D eigenvalue weighted by Gasteiger charge is 2.25. The van der Waals surface area contributed by atoms with Gasteiger partial charge in [0.1, 0.15) is 0 Å². The predicted molar refractivity (Wildman–Crippen MR) is 46.6 cm³/mol. The van der Waals surface area contributed by atoms with Gasteiger partial charge in [0.05, 0.1) is 6.10 Å². The van der Waals surface area contributed by atoms with Crippen molar-refractivity contribution in [3.8, 4) is 0 Å². The highest BCUT2D eigenvalue weighted by atomic mass is 16.3. The Morgan fingerprint density at radius 1 is 1.75 bits per heavy atom. The third-order valence-corrected chi connectivity index (χ3v) is 2.40. The van der Waals surface area contributed by atoms with Crippen LogP contribution in [0.25, 0.3) is 0 Å². The van der Waals surface area contributed by atoms with E-state index in [0.717, 1.165) is 13.0 Å². The van der Waals surface area contributed by atoms with Gasteiger partial charge in [-0.3, -0.25) is 4.79 Å². The van der Waals surface area contributed by atoms with E-state index in [4.69, 9.17) is 0 Å². The minimum atomic E-state index is -0.373. The Kier molecular flexibility index (Phi) is 2.87. The van der Waals surface area contributed by atoms with Gasteiger partial charge in [0.25, 0.3) is 0 Å². The molecular weight excluding hydrogens is 154 g/mol. The van der Waals surface area contributed by atoms with E-state index in [1.807, 2.05) is 6.92 Å². The molecule has 0 spiro atoms. The van der Waals surface area contributed by atoms with Crippen molar-refractivity contribution >= 4 is 5.91 Å². The summed E-state index contributed by atoms with van der Waals surface area (Å²) >= 11 is 0. The zero-order chi connectivity index (χ0) is 9.14. The van der Waals surface area contributed by atoms with Crippen molar-refractivity contribution in [1.29, 1.82) is 0 Å². The van der Waals surface area contributed by atoms with Gasteiger partial charge in [-0.25, -0.2) is 0 Å². The van der Waals surface area contributed by atoms with Gasteiger partial charge in [-0.05, 0) is 18.4 Å². The fourth-order valence-electron chi connectivity index (χ4n) is 1.38. The average Bonchev–Trinajstić information content (AvgIpc) is 2.08. The van der Waals surface area contributed by atoms with Crippen molar-refractivity contribution in [2.45, 2.75) is 19.4 Å². The first-order valence-electron chi connectivity index (χ1n) is 4.24. The molecule has 2 unspecified atom stereocenters. The van der Waals surface area contributed by atoms with Crippen molar-refractivity contribution in [2.75, 3.05) is 13.1 Å². The lowest BCUT2D eigenvalue weighted by molar-refractivity contribution is -0.130. The summed E-state index contributed by atoms with van der Waals surface area (Å²) in [7, 11) is 0. The number of carbonyl (C=O) groups excluding carboxylic acids is 1. The Labute approximate surface area is 72.7 Å². The van der Waals surface area contributed by atoms with E-state index in [2.05, 4.69) is 6.58 Å². The number of carbonyl (C=O) groups is 1. The Morgan fingerprint density at radius 2 is 2.42 bits per heavy atom. The van der Waals surface area contributed by atoms with Crippen LogP contribution in [0.3, 0.4) is 0 Å². The minimum Gasteiger partial charge on any atom is -0.391 e. The van der Waals surface area contributed by atoms with Crippen molar-refractivity contribution in [3.63, 3.8) is 0 Å². The summed E-state index contributed by atoms with van der Waals surface area (Å²) in [5, 5.41) is 9.46. The molecule has 68 valence electrons. The van der Waals surface area contributed by atoms with Gasteiger partial charge in [0.15, 0.2) is 0 Å². The van der Waals surface area contributed by atoms with Gasteiger partial charge in [-0.1, -0.05) is 13.5 Å². The van der Waals surface area contributed by atoms with Crippen molar-refractivity contribution in [1.82, 2.24) is 4.90 Å². The first kappa shape index (κ1) is 9.26. The SMILES string of the molecule is C=CC(=O)N1CCC(C)C(O)C1. The molecule has 0 aromatic rings. The summed E-state index contributed by atoms with van der Waals surface area (Å²) < 4.78 is 0. The normalized spacial score (nSPS) is 30.0. The summed E-state index contributed by atoms with van der Waals surface area (Å²) in [6.45, 7) is 6.60. The van der Waals surface area contributed by atoms with E-state index in [0.29, 0.717) is 12.5 Å². The lowest BCUT2D eigenvalue weighted by atomic mass is 9.96. The van der Waals surface area contributed by atoms with Crippen LogP contribution in [-0.4, -0.2) is 35.1 Å². The number of piperidine rings is 1. The summed E-state index contributed by atoms with van der Waals surface area (Å²) in [5.41, 5.74) is 0. The molecule has 0 aliphatic carbocycles. The highest BCUT2D eigenvalue weighted by Crippen LogP contribution is 2.16. The van der Waals surface area contributed by atoms with Gasteiger partial charge < -0.3 is 10.0 Å². The summed E-state index contributed by atoms with van der Waals surface area (Å²) in [5.74, 6) is 0.222. The number of aliphatic hydroxyl groups is 1. The molecule has 1 rings (SSSR count). The van der Waals surface area contributed by atoms with E-state index in [9.17, 15) is 9.90 Å². The Hall–Kier alpha value is -0.830. The lowest BCUT2D eigenvalue weighted by Crippen LogP contribution is -2.45. The molecule has 2 atom stereocenters. The molecule has 1 saturated heterocycles. The van der Waals surface area contributed by atoms with Gasteiger partial charge in [0.2, 0.25) is 5.91 Å². The highest BCUT2D eigenvalue weighted by molar-refractivity contribution is 5.87.